The number of carbonyl (C=O) groups is 1. The molecule has 1 N–H and O–H groups in total. The molecule has 0 saturated heterocycles. The fourth-order valence-electron chi connectivity index (χ4n) is 2.41. The summed E-state index contributed by atoms with van der Waals surface area (Å²) in [6.07, 6.45) is 1.80. The largest absolute Gasteiger partial charge is 0.462 e. The molecule has 0 aromatic heterocycles. The first kappa shape index (κ1) is 15.9. The second kappa shape index (κ2) is 8.77. The van der Waals surface area contributed by atoms with Crippen LogP contribution in [0.1, 0.15) is 23.6 Å². The molecule has 1 aliphatic rings. The van der Waals surface area contributed by atoms with E-state index in [-0.39, 0.29) is 18.6 Å². The van der Waals surface area contributed by atoms with Crippen LogP contribution >= 0.6 is 0 Å². The number of ether oxygens (including phenoxy) is 3. The number of rotatable bonds is 8. The Morgan fingerprint density at radius 3 is 2.95 bits per heavy atom. The fourth-order valence-corrected chi connectivity index (χ4v) is 2.41. The Balaban J connectivity index is 1.72. The Hall–Kier alpha value is -1.43. The van der Waals surface area contributed by atoms with Gasteiger partial charge in [-0.05, 0) is 24.0 Å². The van der Waals surface area contributed by atoms with Crippen LogP contribution in [0.15, 0.2) is 24.3 Å². The highest BCUT2D eigenvalue weighted by Crippen LogP contribution is 2.23. The number of methoxy groups -OCH3 is 1. The maximum absolute atomic E-state index is 12.1. The molecule has 0 saturated carbocycles. The van der Waals surface area contributed by atoms with Crippen molar-refractivity contribution < 1.29 is 19.0 Å². The van der Waals surface area contributed by atoms with E-state index in [4.69, 9.17) is 14.2 Å². The molecular formula is C16H23NO4. The van der Waals surface area contributed by atoms with Gasteiger partial charge in [-0.25, -0.2) is 4.79 Å². The lowest BCUT2D eigenvalue weighted by atomic mass is 9.94. The predicted molar refractivity (Wildman–Crippen MR) is 79.2 cm³/mol. The van der Waals surface area contributed by atoms with E-state index >= 15 is 0 Å². The molecule has 1 unspecified atom stereocenters. The first-order valence-corrected chi connectivity index (χ1v) is 7.37. The minimum Gasteiger partial charge on any atom is -0.462 e. The summed E-state index contributed by atoms with van der Waals surface area (Å²) in [5, 5.41) is 3.21. The van der Waals surface area contributed by atoms with Crippen LogP contribution in [-0.4, -0.2) is 46.1 Å². The molecule has 0 spiro atoms. The van der Waals surface area contributed by atoms with Gasteiger partial charge in [0.25, 0.3) is 0 Å². The van der Waals surface area contributed by atoms with Crippen LogP contribution in [0.2, 0.25) is 0 Å². The highest BCUT2D eigenvalue weighted by Gasteiger charge is 2.26. The maximum Gasteiger partial charge on any atom is 0.327 e. The first-order valence-electron chi connectivity index (χ1n) is 7.37. The van der Waals surface area contributed by atoms with Crippen LogP contribution in [0.4, 0.5) is 0 Å². The Morgan fingerprint density at radius 2 is 2.10 bits per heavy atom. The summed E-state index contributed by atoms with van der Waals surface area (Å²) in [6.45, 7) is 2.80. The molecule has 116 valence electrons. The van der Waals surface area contributed by atoms with Crippen molar-refractivity contribution in [3.63, 3.8) is 0 Å². The van der Waals surface area contributed by atoms with E-state index < -0.39 is 0 Å². The standard InChI is InChI=1S/C16H23NO4/c1-19-9-4-10-20-11-12-21-16(18)15-14-6-3-2-5-13(14)7-8-17-15/h2-3,5-6,15,17H,4,7-12H2,1H3. The summed E-state index contributed by atoms with van der Waals surface area (Å²) in [7, 11) is 1.66. The Labute approximate surface area is 125 Å². The average molecular weight is 293 g/mol. The van der Waals surface area contributed by atoms with Crippen molar-refractivity contribution in [2.45, 2.75) is 18.9 Å². The van der Waals surface area contributed by atoms with Gasteiger partial charge in [-0.1, -0.05) is 24.3 Å². The number of hydrogen-bond donors (Lipinski definition) is 1. The normalized spacial score (nSPS) is 17.3. The molecule has 0 aliphatic carbocycles. The number of benzene rings is 1. The summed E-state index contributed by atoms with van der Waals surface area (Å²) >= 11 is 0. The molecule has 2 rings (SSSR count). The number of esters is 1. The third kappa shape index (κ3) is 4.81. The molecular weight excluding hydrogens is 270 g/mol. The Morgan fingerprint density at radius 1 is 1.24 bits per heavy atom. The highest BCUT2D eigenvalue weighted by atomic mass is 16.6. The monoisotopic (exact) mass is 293 g/mol. The average Bonchev–Trinajstić information content (AvgIpc) is 2.53. The lowest BCUT2D eigenvalue weighted by molar-refractivity contribution is -0.148. The molecule has 0 bridgehead atoms. The molecule has 0 fully saturated rings. The van der Waals surface area contributed by atoms with Gasteiger partial charge in [0, 0.05) is 26.9 Å². The summed E-state index contributed by atoms with van der Waals surface area (Å²) in [5.41, 5.74) is 2.24. The summed E-state index contributed by atoms with van der Waals surface area (Å²) in [5.74, 6) is -0.234. The van der Waals surface area contributed by atoms with Gasteiger partial charge in [-0.3, -0.25) is 0 Å². The van der Waals surface area contributed by atoms with E-state index in [9.17, 15) is 4.79 Å². The summed E-state index contributed by atoms with van der Waals surface area (Å²) < 4.78 is 15.6. The van der Waals surface area contributed by atoms with Gasteiger partial charge in [0.05, 0.1) is 6.61 Å². The molecule has 0 amide bonds. The Kier molecular flexibility index (Phi) is 6.66. The maximum atomic E-state index is 12.1. The number of carbonyl (C=O) groups excluding carboxylic acids is 1. The van der Waals surface area contributed by atoms with Crippen molar-refractivity contribution in [1.29, 1.82) is 0 Å². The molecule has 21 heavy (non-hydrogen) atoms. The zero-order valence-corrected chi connectivity index (χ0v) is 12.5. The summed E-state index contributed by atoms with van der Waals surface area (Å²) in [6, 6.07) is 7.64. The second-order valence-electron chi connectivity index (χ2n) is 4.96. The zero-order chi connectivity index (χ0) is 14.9. The second-order valence-corrected chi connectivity index (χ2v) is 4.96. The van der Waals surface area contributed by atoms with Crippen molar-refractivity contribution in [2.75, 3.05) is 40.1 Å². The van der Waals surface area contributed by atoms with Gasteiger partial charge in [0.1, 0.15) is 12.6 Å². The third-order valence-corrected chi connectivity index (χ3v) is 3.45. The number of nitrogens with one attached hydrogen (secondary N) is 1. The predicted octanol–water partition coefficient (Wildman–Crippen LogP) is 1.47. The topological polar surface area (TPSA) is 56.8 Å². The lowest BCUT2D eigenvalue weighted by Gasteiger charge is -2.25. The van der Waals surface area contributed by atoms with Gasteiger partial charge in [0.2, 0.25) is 0 Å². The van der Waals surface area contributed by atoms with E-state index in [1.54, 1.807) is 7.11 Å². The van der Waals surface area contributed by atoms with Crippen molar-refractivity contribution in [2.24, 2.45) is 0 Å². The van der Waals surface area contributed by atoms with E-state index in [1.807, 2.05) is 18.2 Å². The molecule has 1 aliphatic heterocycles. The van der Waals surface area contributed by atoms with E-state index in [1.165, 1.54) is 5.56 Å². The van der Waals surface area contributed by atoms with Crippen LogP contribution in [0.25, 0.3) is 0 Å². The van der Waals surface area contributed by atoms with Crippen LogP contribution in [-0.2, 0) is 25.4 Å². The molecule has 1 aromatic rings. The smallest absolute Gasteiger partial charge is 0.327 e. The SMILES string of the molecule is COCCCOCCOC(=O)C1NCCc2ccccc21. The van der Waals surface area contributed by atoms with Crippen LogP contribution in [0.5, 0.6) is 0 Å². The zero-order valence-electron chi connectivity index (χ0n) is 12.5. The van der Waals surface area contributed by atoms with Crippen LogP contribution in [0, 0.1) is 0 Å². The van der Waals surface area contributed by atoms with Gasteiger partial charge < -0.3 is 19.5 Å². The first-order chi connectivity index (χ1) is 10.3. The number of hydrogen-bond acceptors (Lipinski definition) is 5. The minimum absolute atomic E-state index is 0.234. The highest BCUT2D eigenvalue weighted by molar-refractivity contribution is 5.78. The lowest BCUT2D eigenvalue weighted by Crippen LogP contribution is -2.36. The van der Waals surface area contributed by atoms with E-state index in [0.29, 0.717) is 19.8 Å². The molecule has 5 nitrogen and oxygen atoms in total. The summed E-state index contributed by atoms with van der Waals surface area (Å²) in [4.78, 5) is 12.1. The molecule has 5 heteroatoms. The van der Waals surface area contributed by atoms with Crippen molar-refractivity contribution in [1.82, 2.24) is 5.32 Å². The quantitative estimate of drug-likeness (QED) is 0.581. The number of fused-ring (bicyclic) bond motifs is 1. The minimum atomic E-state index is -0.358. The van der Waals surface area contributed by atoms with Gasteiger partial charge in [0.15, 0.2) is 0 Å². The van der Waals surface area contributed by atoms with E-state index in [2.05, 4.69) is 11.4 Å². The van der Waals surface area contributed by atoms with Crippen LogP contribution in [0.3, 0.4) is 0 Å². The van der Waals surface area contributed by atoms with E-state index in [0.717, 1.165) is 24.9 Å². The molecule has 1 aromatic carbocycles. The van der Waals surface area contributed by atoms with Gasteiger partial charge in [-0.2, -0.15) is 0 Å². The molecule has 0 radical (unpaired) electrons. The fraction of sp³-hybridized carbons (Fsp3) is 0.562. The van der Waals surface area contributed by atoms with Gasteiger partial charge in [-0.15, -0.1) is 0 Å². The molecule has 1 atom stereocenters. The van der Waals surface area contributed by atoms with Gasteiger partial charge >= 0.3 is 5.97 Å². The Bertz CT molecular complexity index is 450. The van der Waals surface area contributed by atoms with Crippen LogP contribution < -0.4 is 5.32 Å². The van der Waals surface area contributed by atoms with Crippen molar-refractivity contribution >= 4 is 5.97 Å². The molecule has 1 heterocycles. The third-order valence-electron chi connectivity index (χ3n) is 3.45. The van der Waals surface area contributed by atoms with Crippen molar-refractivity contribution in [3.05, 3.63) is 35.4 Å². The van der Waals surface area contributed by atoms with Crippen molar-refractivity contribution in [3.8, 4) is 0 Å².